The van der Waals surface area contributed by atoms with E-state index in [1.807, 2.05) is 18.8 Å². The van der Waals surface area contributed by atoms with Crippen molar-refractivity contribution in [1.82, 2.24) is 14.7 Å². The normalized spacial score (nSPS) is 21.3. The molecule has 1 aliphatic rings. The van der Waals surface area contributed by atoms with Gasteiger partial charge in [-0.1, -0.05) is 13.8 Å². The SMILES string of the molecule is CN(C)CCn1ncc(Br)c1C(=O)C1CC1(C)C. The quantitative estimate of drug-likeness (QED) is 0.784. The lowest BCUT2D eigenvalue weighted by atomic mass is 10.1. The van der Waals surface area contributed by atoms with Crippen LogP contribution in [0.15, 0.2) is 10.7 Å². The van der Waals surface area contributed by atoms with Gasteiger partial charge in [0, 0.05) is 12.5 Å². The molecular formula is C13H20BrN3O. The first-order valence-electron chi connectivity index (χ1n) is 6.23. The second-order valence-electron chi connectivity index (χ2n) is 5.98. The fraction of sp³-hybridized carbons (Fsp3) is 0.692. The molecule has 2 rings (SSSR count). The average Bonchev–Trinajstić information content (AvgIpc) is 2.75. The first-order chi connectivity index (χ1) is 8.33. The number of carbonyl (C=O) groups excluding carboxylic acids is 1. The van der Waals surface area contributed by atoms with Crippen LogP contribution in [0.4, 0.5) is 0 Å². The summed E-state index contributed by atoms with van der Waals surface area (Å²) in [6.45, 7) is 5.91. The lowest BCUT2D eigenvalue weighted by Gasteiger charge is -2.12. The minimum Gasteiger partial charge on any atom is -0.308 e. The Kier molecular flexibility index (Phi) is 3.65. The van der Waals surface area contributed by atoms with E-state index in [0.29, 0.717) is 0 Å². The summed E-state index contributed by atoms with van der Waals surface area (Å²) in [7, 11) is 4.04. The van der Waals surface area contributed by atoms with Gasteiger partial charge in [0.25, 0.3) is 0 Å². The second-order valence-corrected chi connectivity index (χ2v) is 6.83. The van der Waals surface area contributed by atoms with Crippen LogP contribution in [0, 0.1) is 11.3 Å². The highest BCUT2D eigenvalue weighted by Crippen LogP contribution is 2.53. The van der Waals surface area contributed by atoms with Gasteiger partial charge in [0.05, 0.1) is 17.2 Å². The molecule has 0 radical (unpaired) electrons. The van der Waals surface area contributed by atoms with Crippen LogP contribution in [0.3, 0.4) is 0 Å². The highest BCUT2D eigenvalue weighted by molar-refractivity contribution is 9.10. The molecule has 4 nitrogen and oxygen atoms in total. The first-order valence-corrected chi connectivity index (χ1v) is 7.02. The number of hydrogen-bond donors (Lipinski definition) is 0. The second kappa shape index (κ2) is 4.78. The predicted octanol–water partition coefficient (Wildman–Crippen LogP) is 2.44. The van der Waals surface area contributed by atoms with Crippen molar-refractivity contribution in [2.24, 2.45) is 11.3 Å². The Bertz CT molecular complexity index is 465. The number of aromatic nitrogens is 2. The number of rotatable bonds is 5. The third kappa shape index (κ3) is 2.67. The zero-order valence-electron chi connectivity index (χ0n) is 11.4. The summed E-state index contributed by atoms with van der Waals surface area (Å²) < 4.78 is 2.63. The summed E-state index contributed by atoms with van der Waals surface area (Å²) in [4.78, 5) is 14.6. The Morgan fingerprint density at radius 2 is 2.22 bits per heavy atom. The van der Waals surface area contributed by atoms with E-state index in [9.17, 15) is 4.79 Å². The van der Waals surface area contributed by atoms with E-state index in [2.05, 4.69) is 39.8 Å². The van der Waals surface area contributed by atoms with Gasteiger partial charge in [-0.2, -0.15) is 5.10 Å². The maximum absolute atomic E-state index is 12.5. The van der Waals surface area contributed by atoms with E-state index in [1.165, 1.54) is 0 Å². The van der Waals surface area contributed by atoms with Crippen molar-refractivity contribution in [3.05, 3.63) is 16.4 Å². The molecule has 5 heteroatoms. The summed E-state index contributed by atoms with van der Waals surface area (Å²) in [6.07, 6.45) is 2.70. The minimum atomic E-state index is 0.156. The largest absolute Gasteiger partial charge is 0.308 e. The molecule has 0 aliphatic heterocycles. The number of carbonyl (C=O) groups is 1. The molecule has 1 saturated carbocycles. The molecule has 1 heterocycles. The van der Waals surface area contributed by atoms with Crippen LogP contribution < -0.4 is 0 Å². The Morgan fingerprint density at radius 3 is 2.72 bits per heavy atom. The van der Waals surface area contributed by atoms with Gasteiger partial charge in [0.15, 0.2) is 5.78 Å². The van der Waals surface area contributed by atoms with Crippen molar-refractivity contribution in [3.8, 4) is 0 Å². The van der Waals surface area contributed by atoms with Crippen LogP contribution in [0.1, 0.15) is 30.8 Å². The van der Waals surface area contributed by atoms with Crippen LogP contribution in [0.25, 0.3) is 0 Å². The molecule has 0 amide bonds. The van der Waals surface area contributed by atoms with Gasteiger partial charge in [-0.25, -0.2) is 0 Å². The van der Waals surface area contributed by atoms with E-state index in [0.717, 1.165) is 29.7 Å². The van der Waals surface area contributed by atoms with E-state index in [-0.39, 0.29) is 17.1 Å². The van der Waals surface area contributed by atoms with Crippen LogP contribution in [-0.4, -0.2) is 41.1 Å². The van der Waals surface area contributed by atoms with E-state index in [1.54, 1.807) is 6.20 Å². The van der Waals surface area contributed by atoms with Crippen molar-refractivity contribution in [1.29, 1.82) is 0 Å². The number of ketones is 1. The van der Waals surface area contributed by atoms with Gasteiger partial charge >= 0.3 is 0 Å². The topological polar surface area (TPSA) is 38.1 Å². The van der Waals surface area contributed by atoms with E-state index >= 15 is 0 Å². The van der Waals surface area contributed by atoms with Crippen molar-refractivity contribution in [2.45, 2.75) is 26.8 Å². The molecule has 0 saturated heterocycles. The van der Waals surface area contributed by atoms with Crippen molar-refractivity contribution in [2.75, 3.05) is 20.6 Å². The van der Waals surface area contributed by atoms with Crippen molar-refractivity contribution < 1.29 is 4.79 Å². The van der Waals surface area contributed by atoms with Crippen LogP contribution in [-0.2, 0) is 6.54 Å². The number of hydrogen-bond acceptors (Lipinski definition) is 3. The molecule has 1 aliphatic carbocycles. The summed E-state index contributed by atoms with van der Waals surface area (Å²) in [6, 6.07) is 0. The molecule has 1 atom stereocenters. The Hall–Kier alpha value is -0.680. The van der Waals surface area contributed by atoms with E-state index in [4.69, 9.17) is 0 Å². The zero-order chi connectivity index (χ0) is 13.5. The van der Waals surface area contributed by atoms with Gasteiger partial charge in [0.2, 0.25) is 0 Å². The summed E-state index contributed by atoms with van der Waals surface area (Å²) in [5, 5.41) is 4.29. The fourth-order valence-electron chi connectivity index (χ4n) is 2.15. The molecule has 0 aromatic carbocycles. The minimum absolute atomic E-state index is 0.156. The first kappa shape index (κ1) is 13.7. The lowest BCUT2D eigenvalue weighted by molar-refractivity contribution is 0.0941. The number of likely N-dealkylation sites (N-methyl/N-ethyl adjacent to an activating group) is 1. The molecule has 1 aromatic heterocycles. The fourth-order valence-corrected chi connectivity index (χ4v) is 2.64. The molecule has 1 fully saturated rings. The van der Waals surface area contributed by atoms with Gasteiger partial charge in [-0.3, -0.25) is 9.48 Å². The Morgan fingerprint density at radius 1 is 1.61 bits per heavy atom. The van der Waals surface area contributed by atoms with Gasteiger partial charge in [0.1, 0.15) is 5.69 Å². The summed E-state index contributed by atoms with van der Waals surface area (Å²) in [5.74, 6) is 0.381. The third-order valence-electron chi connectivity index (χ3n) is 3.62. The average molecular weight is 314 g/mol. The van der Waals surface area contributed by atoms with Crippen LogP contribution >= 0.6 is 15.9 Å². The molecule has 0 bridgehead atoms. The van der Waals surface area contributed by atoms with Gasteiger partial charge in [-0.15, -0.1) is 0 Å². The number of nitrogens with zero attached hydrogens (tertiary/aromatic N) is 3. The predicted molar refractivity (Wildman–Crippen MR) is 74.7 cm³/mol. The Labute approximate surface area is 116 Å². The number of halogens is 1. The molecule has 18 heavy (non-hydrogen) atoms. The highest BCUT2D eigenvalue weighted by Gasteiger charge is 2.51. The molecule has 0 N–H and O–H groups in total. The van der Waals surface area contributed by atoms with Crippen LogP contribution in [0.5, 0.6) is 0 Å². The maximum Gasteiger partial charge on any atom is 0.185 e. The zero-order valence-corrected chi connectivity index (χ0v) is 13.0. The molecular weight excluding hydrogens is 294 g/mol. The summed E-state index contributed by atoms with van der Waals surface area (Å²) >= 11 is 3.44. The number of Topliss-reactive ketones (excluding diaryl/α,β-unsaturated/α-hetero) is 1. The molecule has 100 valence electrons. The molecule has 1 aromatic rings. The smallest absolute Gasteiger partial charge is 0.185 e. The van der Waals surface area contributed by atoms with Gasteiger partial charge < -0.3 is 4.90 Å². The Balaban J connectivity index is 2.16. The van der Waals surface area contributed by atoms with Gasteiger partial charge in [-0.05, 0) is 41.9 Å². The monoisotopic (exact) mass is 313 g/mol. The van der Waals surface area contributed by atoms with Crippen molar-refractivity contribution >= 4 is 21.7 Å². The maximum atomic E-state index is 12.5. The standard InChI is InChI=1S/C13H20BrN3O/c1-13(2)7-9(13)12(18)11-10(14)8-15-17(11)6-5-16(3)4/h8-9H,5-7H2,1-4H3. The molecule has 0 spiro atoms. The van der Waals surface area contributed by atoms with Crippen molar-refractivity contribution in [3.63, 3.8) is 0 Å². The summed E-state index contributed by atoms with van der Waals surface area (Å²) in [5.41, 5.74) is 0.889. The third-order valence-corrected chi connectivity index (χ3v) is 4.20. The molecule has 1 unspecified atom stereocenters. The van der Waals surface area contributed by atoms with E-state index < -0.39 is 0 Å². The lowest BCUT2D eigenvalue weighted by Crippen LogP contribution is -2.22. The van der Waals surface area contributed by atoms with Crippen LogP contribution in [0.2, 0.25) is 0 Å². The highest BCUT2D eigenvalue weighted by atomic mass is 79.9.